The molecule has 1 aromatic rings. The highest BCUT2D eigenvalue weighted by Gasteiger charge is 1.98. The van der Waals surface area contributed by atoms with Gasteiger partial charge < -0.3 is 10.6 Å². The first-order valence-corrected chi connectivity index (χ1v) is 6.73. The molecule has 0 spiro atoms. The van der Waals surface area contributed by atoms with Crippen molar-refractivity contribution in [3.05, 3.63) is 35.4 Å². The Morgan fingerprint density at radius 3 is 2.45 bits per heavy atom. The quantitative estimate of drug-likeness (QED) is 0.342. The summed E-state index contributed by atoms with van der Waals surface area (Å²) in [5, 5.41) is 15.3. The summed E-state index contributed by atoms with van der Waals surface area (Å²) in [6.45, 7) is 3.85. The molecule has 1 aromatic carbocycles. The second-order valence-electron chi connectivity index (χ2n) is 4.37. The number of aliphatic imine (C=N–C) groups is 1. The fourth-order valence-electron chi connectivity index (χ4n) is 1.69. The number of hydrogen-bond donors (Lipinski definition) is 2. The van der Waals surface area contributed by atoms with Crippen LogP contribution in [0.25, 0.3) is 0 Å². The summed E-state index contributed by atoms with van der Waals surface area (Å²) in [6.07, 6.45) is 3.62. The Morgan fingerprint density at radius 1 is 1.20 bits per heavy atom. The molecule has 0 aliphatic carbocycles. The summed E-state index contributed by atoms with van der Waals surface area (Å²) < 4.78 is 0. The largest absolute Gasteiger partial charge is 0.356 e. The van der Waals surface area contributed by atoms with Gasteiger partial charge in [0.25, 0.3) is 0 Å². The topological polar surface area (TPSA) is 60.2 Å². The molecular weight excluding hydrogens is 363 g/mol. The monoisotopic (exact) mass is 386 g/mol. The van der Waals surface area contributed by atoms with E-state index >= 15 is 0 Å². The Hall–Kier alpha value is -1.29. The van der Waals surface area contributed by atoms with Gasteiger partial charge in [-0.15, -0.1) is 24.0 Å². The lowest BCUT2D eigenvalue weighted by Gasteiger charge is -2.11. The van der Waals surface area contributed by atoms with Gasteiger partial charge >= 0.3 is 0 Å². The lowest BCUT2D eigenvalue weighted by Crippen LogP contribution is -2.37. The Balaban J connectivity index is 0.00000361. The van der Waals surface area contributed by atoms with Gasteiger partial charge in [0.1, 0.15) is 0 Å². The van der Waals surface area contributed by atoms with Crippen LogP contribution in [-0.4, -0.2) is 19.6 Å². The van der Waals surface area contributed by atoms with Gasteiger partial charge in [-0.25, -0.2) is 0 Å². The zero-order valence-corrected chi connectivity index (χ0v) is 14.5. The molecule has 110 valence electrons. The molecule has 1 rings (SSSR count). The number of rotatable bonds is 6. The van der Waals surface area contributed by atoms with Crippen LogP contribution in [0.3, 0.4) is 0 Å². The van der Waals surface area contributed by atoms with Crippen molar-refractivity contribution in [1.29, 1.82) is 5.26 Å². The molecule has 0 aliphatic heterocycles. The molecule has 0 saturated carbocycles. The highest BCUT2D eigenvalue weighted by atomic mass is 127. The number of unbranched alkanes of at least 4 members (excludes halogenated alkanes) is 2. The van der Waals surface area contributed by atoms with Crippen LogP contribution in [0.15, 0.2) is 29.3 Å². The van der Waals surface area contributed by atoms with E-state index < -0.39 is 0 Å². The minimum Gasteiger partial charge on any atom is -0.356 e. The molecular formula is C15H23IN4. The lowest BCUT2D eigenvalue weighted by molar-refractivity contribution is 0.683. The highest BCUT2D eigenvalue weighted by Crippen LogP contribution is 2.02. The van der Waals surface area contributed by atoms with Crippen LogP contribution in [0.5, 0.6) is 0 Å². The van der Waals surface area contributed by atoms with Crippen LogP contribution in [0, 0.1) is 11.3 Å². The maximum atomic E-state index is 8.73. The number of benzene rings is 1. The zero-order chi connectivity index (χ0) is 13.9. The molecule has 0 radical (unpaired) electrons. The summed E-state index contributed by atoms with van der Waals surface area (Å²) in [6, 6.07) is 9.68. The second kappa shape index (κ2) is 11.5. The minimum absolute atomic E-state index is 0. The molecule has 0 saturated heterocycles. The van der Waals surface area contributed by atoms with E-state index in [1.807, 2.05) is 24.3 Å². The predicted molar refractivity (Wildman–Crippen MR) is 94.3 cm³/mol. The fraction of sp³-hybridized carbons (Fsp3) is 0.467. The van der Waals surface area contributed by atoms with Crippen molar-refractivity contribution in [3.8, 4) is 6.07 Å². The van der Waals surface area contributed by atoms with Crippen molar-refractivity contribution < 1.29 is 0 Å². The SMILES string of the molecule is CCCCCNC(=NC)NCc1ccc(C#N)cc1.I. The first kappa shape index (κ1) is 18.7. The lowest BCUT2D eigenvalue weighted by atomic mass is 10.1. The van der Waals surface area contributed by atoms with Crippen LogP contribution < -0.4 is 10.6 Å². The number of hydrogen-bond acceptors (Lipinski definition) is 2. The molecule has 0 amide bonds. The molecule has 20 heavy (non-hydrogen) atoms. The molecule has 5 heteroatoms. The maximum absolute atomic E-state index is 8.73. The number of guanidine groups is 1. The number of nitrogens with one attached hydrogen (secondary N) is 2. The molecule has 0 bridgehead atoms. The molecule has 0 unspecified atom stereocenters. The van der Waals surface area contributed by atoms with Gasteiger partial charge in [-0.3, -0.25) is 4.99 Å². The Kier molecular flexibility index (Phi) is 10.8. The van der Waals surface area contributed by atoms with Crippen molar-refractivity contribution in [2.45, 2.75) is 32.7 Å². The van der Waals surface area contributed by atoms with Gasteiger partial charge in [-0.05, 0) is 24.1 Å². The third-order valence-electron chi connectivity index (χ3n) is 2.84. The summed E-state index contributed by atoms with van der Waals surface area (Å²) in [7, 11) is 1.77. The van der Waals surface area contributed by atoms with Crippen LogP contribution in [-0.2, 0) is 6.54 Å². The van der Waals surface area contributed by atoms with Crippen molar-refractivity contribution in [2.24, 2.45) is 4.99 Å². The summed E-state index contributed by atoms with van der Waals surface area (Å²) in [4.78, 5) is 4.18. The van der Waals surface area contributed by atoms with E-state index in [1.165, 1.54) is 12.8 Å². The van der Waals surface area contributed by atoms with E-state index in [2.05, 4.69) is 28.6 Å². The van der Waals surface area contributed by atoms with Gasteiger partial charge in [0.05, 0.1) is 11.6 Å². The van der Waals surface area contributed by atoms with E-state index in [1.54, 1.807) is 7.05 Å². The molecule has 0 aromatic heterocycles. The average Bonchev–Trinajstić information content (AvgIpc) is 2.47. The van der Waals surface area contributed by atoms with Gasteiger partial charge in [-0.2, -0.15) is 5.26 Å². The van der Waals surface area contributed by atoms with E-state index in [9.17, 15) is 0 Å². The molecule has 0 heterocycles. The van der Waals surface area contributed by atoms with E-state index in [0.29, 0.717) is 12.1 Å². The number of nitriles is 1. The molecule has 0 aliphatic rings. The van der Waals surface area contributed by atoms with Gasteiger partial charge in [0.2, 0.25) is 0 Å². The van der Waals surface area contributed by atoms with Gasteiger partial charge in [0, 0.05) is 20.1 Å². The van der Waals surface area contributed by atoms with Gasteiger partial charge in [-0.1, -0.05) is 31.9 Å². The normalized spacial score (nSPS) is 10.3. The first-order chi connectivity index (χ1) is 9.30. The van der Waals surface area contributed by atoms with Crippen LogP contribution in [0.2, 0.25) is 0 Å². The third-order valence-corrected chi connectivity index (χ3v) is 2.84. The van der Waals surface area contributed by atoms with Crippen molar-refractivity contribution in [3.63, 3.8) is 0 Å². The molecule has 0 atom stereocenters. The Morgan fingerprint density at radius 2 is 1.90 bits per heavy atom. The third kappa shape index (κ3) is 7.34. The summed E-state index contributed by atoms with van der Waals surface area (Å²) in [5.74, 6) is 0.820. The van der Waals surface area contributed by atoms with Crippen LogP contribution in [0.1, 0.15) is 37.3 Å². The average molecular weight is 386 g/mol. The van der Waals surface area contributed by atoms with E-state index in [4.69, 9.17) is 5.26 Å². The predicted octanol–water partition coefficient (Wildman–Crippen LogP) is 3.03. The maximum Gasteiger partial charge on any atom is 0.191 e. The van der Waals surface area contributed by atoms with E-state index in [-0.39, 0.29) is 24.0 Å². The smallest absolute Gasteiger partial charge is 0.191 e. The van der Waals surface area contributed by atoms with Gasteiger partial charge in [0.15, 0.2) is 5.96 Å². The standard InChI is InChI=1S/C15H22N4.HI/c1-3-4-5-10-18-15(17-2)19-12-14-8-6-13(11-16)7-9-14;/h6-9H,3-5,10,12H2,1-2H3,(H2,17,18,19);1H. The molecule has 4 nitrogen and oxygen atoms in total. The zero-order valence-electron chi connectivity index (χ0n) is 12.1. The van der Waals surface area contributed by atoms with Crippen molar-refractivity contribution in [1.82, 2.24) is 10.6 Å². The van der Waals surface area contributed by atoms with Crippen LogP contribution in [0.4, 0.5) is 0 Å². The van der Waals surface area contributed by atoms with E-state index in [0.717, 1.165) is 24.5 Å². The second-order valence-corrected chi connectivity index (χ2v) is 4.37. The Labute approximate surface area is 138 Å². The first-order valence-electron chi connectivity index (χ1n) is 6.73. The van der Waals surface area contributed by atoms with Crippen molar-refractivity contribution >= 4 is 29.9 Å². The van der Waals surface area contributed by atoms with Crippen molar-refractivity contribution in [2.75, 3.05) is 13.6 Å². The Bertz CT molecular complexity index is 434. The molecule has 0 fully saturated rings. The number of nitrogens with zero attached hydrogens (tertiary/aromatic N) is 2. The van der Waals surface area contributed by atoms with Crippen LogP contribution >= 0.6 is 24.0 Å². The fourth-order valence-corrected chi connectivity index (χ4v) is 1.69. The highest BCUT2D eigenvalue weighted by molar-refractivity contribution is 14.0. The minimum atomic E-state index is 0. The molecule has 2 N–H and O–H groups in total. The summed E-state index contributed by atoms with van der Waals surface area (Å²) >= 11 is 0. The summed E-state index contributed by atoms with van der Waals surface area (Å²) in [5.41, 5.74) is 1.82. The number of halogens is 1.